The maximum atomic E-state index is 12.2. The molecule has 0 saturated carbocycles. The van der Waals surface area contributed by atoms with E-state index in [0.717, 1.165) is 25.5 Å². The fraction of sp³-hybridized carbons (Fsp3) is 0.857. The van der Waals surface area contributed by atoms with E-state index in [-0.39, 0.29) is 12.0 Å². The van der Waals surface area contributed by atoms with Gasteiger partial charge in [-0.1, -0.05) is 13.8 Å². The molecular weight excluding hydrogens is 230 g/mol. The first-order valence-corrected chi connectivity index (χ1v) is 6.70. The highest BCUT2D eigenvalue weighted by molar-refractivity contribution is 5.77. The second-order valence-electron chi connectivity index (χ2n) is 6.35. The number of carbonyl (C=O) groups excluding carboxylic acids is 2. The zero-order valence-electron chi connectivity index (χ0n) is 12.2. The highest BCUT2D eigenvalue weighted by Crippen LogP contribution is 2.34. The Labute approximate surface area is 110 Å². The van der Waals surface area contributed by atoms with Crippen molar-refractivity contribution < 1.29 is 14.3 Å². The van der Waals surface area contributed by atoms with Crippen molar-refractivity contribution in [3.63, 3.8) is 0 Å². The molecule has 1 heterocycles. The first kappa shape index (κ1) is 15.0. The fourth-order valence-corrected chi connectivity index (χ4v) is 2.46. The summed E-state index contributed by atoms with van der Waals surface area (Å²) in [5.41, 5.74) is -1.22. The van der Waals surface area contributed by atoms with Gasteiger partial charge in [0.05, 0.1) is 0 Å². The Morgan fingerprint density at radius 3 is 2.39 bits per heavy atom. The highest BCUT2D eigenvalue weighted by Gasteiger charge is 2.45. The molecule has 0 N–H and O–H groups in total. The van der Waals surface area contributed by atoms with Crippen LogP contribution in [0.25, 0.3) is 0 Å². The fourth-order valence-electron chi connectivity index (χ4n) is 2.46. The molecular formula is C14H25NO3. The minimum atomic E-state index is -0.694. The van der Waals surface area contributed by atoms with E-state index in [4.69, 9.17) is 4.74 Å². The quantitative estimate of drug-likeness (QED) is 0.713. The number of rotatable bonds is 2. The standard InChI is InChI=1S/C14H25NO3/c1-11(2)14(10-16)8-6-7-9-15(14)12(17)18-13(3,4)5/h10-11H,6-9H2,1-5H3. The van der Waals surface area contributed by atoms with Crippen LogP contribution in [0.5, 0.6) is 0 Å². The predicted octanol–water partition coefficient (Wildman–Crippen LogP) is 3.00. The van der Waals surface area contributed by atoms with Crippen molar-refractivity contribution in [3.8, 4) is 0 Å². The van der Waals surface area contributed by atoms with Crippen LogP contribution in [0.2, 0.25) is 0 Å². The lowest BCUT2D eigenvalue weighted by atomic mass is 9.79. The van der Waals surface area contributed by atoms with Crippen molar-refractivity contribution in [1.82, 2.24) is 4.90 Å². The summed E-state index contributed by atoms with van der Waals surface area (Å²) >= 11 is 0. The lowest BCUT2D eigenvalue weighted by molar-refractivity contribution is -0.124. The topological polar surface area (TPSA) is 46.6 Å². The largest absolute Gasteiger partial charge is 0.444 e. The van der Waals surface area contributed by atoms with Crippen molar-refractivity contribution in [2.45, 2.75) is 65.0 Å². The van der Waals surface area contributed by atoms with E-state index < -0.39 is 11.1 Å². The zero-order valence-corrected chi connectivity index (χ0v) is 12.2. The Morgan fingerprint density at radius 2 is 1.94 bits per heavy atom. The molecule has 0 bridgehead atoms. The molecule has 0 aromatic rings. The van der Waals surface area contributed by atoms with E-state index >= 15 is 0 Å². The van der Waals surface area contributed by atoms with Crippen LogP contribution in [0.3, 0.4) is 0 Å². The monoisotopic (exact) mass is 255 g/mol. The van der Waals surface area contributed by atoms with E-state index in [0.29, 0.717) is 6.54 Å². The number of carbonyl (C=O) groups is 2. The minimum absolute atomic E-state index is 0.0998. The number of ether oxygens (including phenoxy) is 1. The van der Waals surface area contributed by atoms with E-state index in [1.165, 1.54) is 0 Å². The number of likely N-dealkylation sites (tertiary alicyclic amines) is 1. The molecule has 1 atom stereocenters. The van der Waals surface area contributed by atoms with Gasteiger partial charge in [-0.05, 0) is 46.0 Å². The van der Waals surface area contributed by atoms with Gasteiger partial charge in [0, 0.05) is 6.54 Å². The molecule has 1 unspecified atom stereocenters. The Kier molecular flexibility index (Phi) is 4.41. The maximum Gasteiger partial charge on any atom is 0.411 e. The van der Waals surface area contributed by atoms with Gasteiger partial charge in [-0.25, -0.2) is 4.79 Å². The third-order valence-electron chi connectivity index (χ3n) is 3.53. The molecule has 1 amide bonds. The van der Waals surface area contributed by atoms with E-state index in [1.807, 2.05) is 34.6 Å². The van der Waals surface area contributed by atoms with Gasteiger partial charge in [0.2, 0.25) is 0 Å². The molecule has 1 aliphatic rings. The van der Waals surface area contributed by atoms with Crippen LogP contribution >= 0.6 is 0 Å². The van der Waals surface area contributed by atoms with Gasteiger partial charge < -0.3 is 9.53 Å². The van der Waals surface area contributed by atoms with E-state index in [2.05, 4.69) is 0 Å². The molecule has 0 aromatic heterocycles. The lowest BCUT2D eigenvalue weighted by Crippen LogP contribution is -2.59. The van der Waals surface area contributed by atoms with Crippen LogP contribution in [0.15, 0.2) is 0 Å². The minimum Gasteiger partial charge on any atom is -0.444 e. The second kappa shape index (κ2) is 5.29. The predicted molar refractivity (Wildman–Crippen MR) is 70.4 cm³/mol. The number of hydrogen-bond donors (Lipinski definition) is 0. The summed E-state index contributed by atoms with van der Waals surface area (Å²) in [4.78, 5) is 25.4. The van der Waals surface area contributed by atoms with Crippen LogP contribution in [-0.2, 0) is 9.53 Å². The van der Waals surface area contributed by atoms with Crippen molar-refractivity contribution in [2.75, 3.05) is 6.54 Å². The van der Waals surface area contributed by atoms with Crippen molar-refractivity contribution in [2.24, 2.45) is 5.92 Å². The molecule has 0 radical (unpaired) electrons. The van der Waals surface area contributed by atoms with Gasteiger partial charge in [-0.15, -0.1) is 0 Å². The van der Waals surface area contributed by atoms with Crippen LogP contribution in [0.1, 0.15) is 53.9 Å². The summed E-state index contributed by atoms with van der Waals surface area (Å²) < 4.78 is 5.41. The molecule has 4 nitrogen and oxygen atoms in total. The number of piperidine rings is 1. The third kappa shape index (κ3) is 3.03. The van der Waals surface area contributed by atoms with Crippen molar-refractivity contribution >= 4 is 12.4 Å². The van der Waals surface area contributed by atoms with Crippen LogP contribution in [0.4, 0.5) is 4.79 Å². The lowest BCUT2D eigenvalue weighted by Gasteiger charge is -2.46. The van der Waals surface area contributed by atoms with Gasteiger partial charge in [-0.2, -0.15) is 0 Å². The zero-order chi connectivity index (χ0) is 14.0. The highest BCUT2D eigenvalue weighted by atomic mass is 16.6. The average molecular weight is 255 g/mol. The summed E-state index contributed by atoms with van der Waals surface area (Å²) in [5, 5.41) is 0. The molecule has 0 aromatic carbocycles. The Balaban J connectivity index is 2.95. The molecule has 18 heavy (non-hydrogen) atoms. The first-order chi connectivity index (χ1) is 8.23. The van der Waals surface area contributed by atoms with Crippen molar-refractivity contribution in [1.29, 1.82) is 0 Å². The normalized spacial score (nSPS) is 25.1. The molecule has 0 spiro atoms. The Morgan fingerprint density at radius 1 is 1.33 bits per heavy atom. The number of nitrogens with zero attached hydrogens (tertiary/aromatic N) is 1. The number of amides is 1. The van der Waals surface area contributed by atoms with Crippen LogP contribution < -0.4 is 0 Å². The van der Waals surface area contributed by atoms with Crippen molar-refractivity contribution in [3.05, 3.63) is 0 Å². The summed E-state index contributed by atoms with van der Waals surface area (Å²) in [7, 11) is 0. The molecule has 1 aliphatic heterocycles. The average Bonchev–Trinajstić information content (AvgIpc) is 2.26. The van der Waals surface area contributed by atoms with E-state index in [1.54, 1.807) is 4.90 Å². The molecule has 104 valence electrons. The molecule has 1 fully saturated rings. The number of hydrogen-bond acceptors (Lipinski definition) is 3. The summed E-state index contributed by atoms with van der Waals surface area (Å²) in [6.07, 6.45) is 3.20. The summed E-state index contributed by atoms with van der Waals surface area (Å²) in [6, 6.07) is 0. The molecule has 4 heteroatoms. The van der Waals surface area contributed by atoms with Gasteiger partial charge in [0.25, 0.3) is 0 Å². The van der Waals surface area contributed by atoms with Gasteiger partial charge in [0.15, 0.2) is 0 Å². The molecule has 1 rings (SSSR count). The maximum absolute atomic E-state index is 12.2. The summed E-state index contributed by atoms with van der Waals surface area (Å²) in [5.74, 6) is 0.0998. The van der Waals surface area contributed by atoms with Gasteiger partial charge in [0.1, 0.15) is 17.4 Å². The Bertz CT molecular complexity index is 319. The number of aldehydes is 1. The Hall–Kier alpha value is -1.06. The third-order valence-corrected chi connectivity index (χ3v) is 3.53. The van der Waals surface area contributed by atoms with Crippen LogP contribution in [0, 0.1) is 5.92 Å². The van der Waals surface area contributed by atoms with Gasteiger partial charge >= 0.3 is 6.09 Å². The van der Waals surface area contributed by atoms with Gasteiger partial charge in [-0.3, -0.25) is 4.90 Å². The SMILES string of the molecule is CC(C)C1(C=O)CCCCN1C(=O)OC(C)(C)C. The first-order valence-electron chi connectivity index (χ1n) is 6.70. The van der Waals surface area contributed by atoms with Crippen LogP contribution in [-0.4, -0.2) is 35.0 Å². The molecule has 1 saturated heterocycles. The second-order valence-corrected chi connectivity index (χ2v) is 6.35. The summed E-state index contributed by atoms with van der Waals surface area (Å²) in [6.45, 7) is 10.1. The molecule has 0 aliphatic carbocycles. The van der Waals surface area contributed by atoms with E-state index in [9.17, 15) is 9.59 Å². The smallest absolute Gasteiger partial charge is 0.411 e.